The molecule has 122 valence electrons. The maximum absolute atomic E-state index is 12.1. The van der Waals surface area contributed by atoms with Crippen LogP contribution < -0.4 is 10.6 Å². The van der Waals surface area contributed by atoms with E-state index in [4.69, 9.17) is 5.11 Å². The number of hydrogen-bond donors (Lipinski definition) is 3. The summed E-state index contributed by atoms with van der Waals surface area (Å²) in [6.07, 6.45) is -0.125. The van der Waals surface area contributed by atoms with E-state index in [1.807, 2.05) is 13.8 Å². The summed E-state index contributed by atoms with van der Waals surface area (Å²) in [4.78, 5) is 35.9. The lowest BCUT2D eigenvalue weighted by Crippen LogP contribution is -2.52. The molecular weight excluding hydrogens is 274 g/mol. The number of hydrogen-bond acceptors (Lipinski definition) is 3. The minimum absolute atomic E-state index is 0.110. The highest BCUT2D eigenvalue weighted by Gasteiger charge is 2.22. The summed E-state index contributed by atoms with van der Waals surface area (Å²) in [7, 11) is 0. The van der Waals surface area contributed by atoms with Crippen molar-refractivity contribution in [2.75, 3.05) is 13.1 Å². The van der Waals surface area contributed by atoms with Gasteiger partial charge in [0.25, 0.3) is 0 Å². The van der Waals surface area contributed by atoms with Gasteiger partial charge in [-0.2, -0.15) is 0 Å². The van der Waals surface area contributed by atoms with Crippen LogP contribution in [0.25, 0.3) is 0 Å². The third-order valence-corrected chi connectivity index (χ3v) is 2.87. The molecule has 3 amide bonds. The van der Waals surface area contributed by atoms with E-state index in [2.05, 4.69) is 10.6 Å². The lowest BCUT2D eigenvalue weighted by atomic mass is 10.2. The van der Waals surface area contributed by atoms with Crippen LogP contribution in [0, 0.1) is 5.92 Å². The number of nitrogens with zero attached hydrogens (tertiary/aromatic N) is 1. The fourth-order valence-electron chi connectivity index (χ4n) is 1.60. The molecule has 0 spiro atoms. The van der Waals surface area contributed by atoms with Gasteiger partial charge in [0.1, 0.15) is 6.04 Å². The molecule has 0 bridgehead atoms. The molecule has 0 aromatic carbocycles. The number of carbonyl (C=O) groups excluding carboxylic acids is 2. The number of amides is 3. The maximum atomic E-state index is 12.1. The molecule has 0 heterocycles. The van der Waals surface area contributed by atoms with Crippen molar-refractivity contribution in [1.29, 1.82) is 0 Å². The van der Waals surface area contributed by atoms with Crippen molar-refractivity contribution in [3.63, 3.8) is 0 Å². The lowest BCUT2D eigenvalue weighted by molar-refractivity contribution is -0.137. The molecule has 0 saturated heterocycles. The van der Waals surface area contributed by atoms with Crippen molar-refractivity contribution < 1.29 is 19.5 Å². The monoisotopic (exact) mass is 301 g/mol. The first kappa shape index (κ1) is 19.2. The minimum Gasteiger partial charge on any atom is -0.481 e. The molecular formula is C14H27N3O4. The smallest absolute Gasteiger partial charge is 0.318 e. The Hall–Kier alpha value is -1.79. The second-order valence-corrected chi connectivity index (χ2v) is 5.74. The van der Waals surface area contributed by atoms with Crippen LogP contribution in [0.2, 0.25) is 0 Å². The normalized spacial score (nSPS) is 12.1. The fraction of sp³-hybridized carbons (Fsp3) is 0.786. The predicted molar refractivity (Wildman–Crippen MR) is 79.9 cm³/mol. The van der Waals surface area contributed by atoms with E-state index in [-0.39, 0.29) is 24.9 Å². The summed E-state index contributed by atoms with van der Waals surface area (Å²) in [5, 5.41) is 14.0. The SMILES string of the molecule is CC(C)CNC(=O)C(C)NC(=O)N(CCC(=O)O)C(C)C. The van der Waals surface area contributed by atoms with Crippen LogP contribution in [-0.2, 0) is 9.59 Å². The van der Waals surface area contributed by atoms with E-state index in [1.54, 1.807) is 20.8 Å². The van der Waals surface area contributed by atoms with E-state index in [1.165, 1.54) is 4.90 Å². The average molecular weight is 301 g/mol. The second kappa shape index (κ2) is 9.20. The highest BCUT2D eigenvalue weighted by atomic mass is 16.4. The Morgan fingerprint density at radius 3 is 2.10 bits per heavy atom. The molecule has 7 nitrogen and oxygen atoms in total. The van der Waals surface area contributed by atoms with Gasteiger partial charge in [0, 0.05) is 19.1 Å². The van der Waals surface area contributed by atoms with Gasteiger partial charge >= 0.3 is 12.0 Å². The zero-order chi connectivity index (χ0) is 16.6. The first-order valence-corrected chi connectivity index (χ1v) is 7.21. The van der Waals surface area contributed by atoms with Crippen LogP contribution >= 0.6 is 0 Å². The minimum atomic E-state index is -0.962. The summed E-state index contributed by atoms with van der Waals surface area (Å²) in [6.45, 7) is 9.82. The average Bonchev–Trinajstić information content (AvgIpc) is 2.34. The number of aliphatic carboxylic acids is 1. The molecule has 0 saturated carbocycles. The number of carbonyl (C=O) groups is 3. The Kier molecular flexibility index (Phi) is 8.42. The number of urea groups is 1. The molecule has 21 heavy (non-hydrogen) atoms. The molecule has 0 rings (SSSR count). The first-order valence-electron chi connectivity index (χ1n) is 7.21. The lowest BCUT2D eigenvalue weighted by Gasteiger charge is -2.28. The summed E-state index contributed by atoms with van der Waals surface area (Å²) in [5.74, 6) is -0.880. The van der Waals surface area contributed by atoms with Crippen molar-refractivity contribution in [3.8, 4) is 0 Å². The van der Waals surface area contributed by atoms with Crippen molar-refractivity contribution >= 4 is 17.9 Å². The largest absolute Gasteiger partial charge is 0.481 e. The van der Waals surface area contributed by atoms with E-state index < -0.39 is 18.0 Å². The Morgan fingerprint density at radius 2 is 1.67 bits per heavy atom. The van der Waals surface area contributed by atoms with Crippen molar-refractivity contribution in [2.24, 2.45) is 5.92 Å². The first-order chi connectivity index (χ1) is 9.65. The van der Waals surface area contributed by atoms with Gasteiger partial charge in [-0.15, -0.1) is 0 Å². The highest BCUT2D eigenvalue weighted by Crippen LogP contribution is 2.02. The van der Waals surface area contributed by atoms with Crippen molar-refractivity contribution in [3.05, 3.63) is 0 Å². The van der Waals surface area contributed by atoms with Gasteiger partial charge in [-0.3, -0.25) is 9.59 Å². The van der Waals surface area contributed by atoms with Crippen LogP contribution in [-0.4, -0.2) is 53.1 Å². The molecule has 0 fully saturated rings. The fourth-order valence-corrected chi connectivity index (χ4v) is 1.60. The topological polar surface area (TPSA) is 98.7 Å². The highest BCUT2D eigenvalue weighted by molar-refractivity contribution is 5.86. The predicted octanol–water partition coefficient (Wildman–Crippen LogP) is 1.04. The third kappa shape index (κ3) is 8.16. The molecule has 0 aromatic heterocycles. The van der Waals surface area contributed by atoms with Crippen LogP contribution in [0.1, 0.15) is 41.0 Å². The molecule has 0 radical (unpaired) electrons. The number of carboxylic acids is 1. The van der Waals surface area contributed by atoms with Gasteiger partial charge < -0.3 is 20.6 Å². The summed E-state index contributed by atoms with van der Waals surface area (Å²) in [5.41, 5.74) is 0. The number of rotatable bonds is 8. The standard InChI is InChI=1S/C14H27N3O4/c1-9(2)8-15-13(20)11(5)16-14(21)17(10(3)4)7-6-12(18)19/h9-11H,6-8H2,1-5H3,(H,15,20)(H,16,21)(H,18,19). The van der Waals surface area contributed by atoms with Crippen LogP contribution in [0.15, 0.2) is 0 Å². The van der Waals surface area contributed by atoms with Gasteiger partial charge in [-0.25, -0.2) is 4.79 Å². The summed E-state index contributed by atoms with van der Waals surface area (Å²) < 4.78 is 0. The molecule has 7 heteroatoms. The third-order valence-electron chi connectivity index (χ3n) is 2.87. The molecule has 0 aromatic rings. The zero-order valence-electron chi connectivity index (χ0n) is 13.5. The molecule has 1 unspecified atom stereocenters. The zero-order valence-corrected chi connectivity index (χ0v) is 13.5. The maximum Gasteiger partial charge on any atom is 0.318 e. The van der Waals surface area contributed by atoms with Crippen LogP contribution in [0.3, 0.4) is 0 Å². The van der Waals surface area contributed by atoms with E-state index in [9.17, 15) is 14.4 Å². The molecule has 1 atom stereocenters. The summed E-state index contributed by atoms with van der Waals surface area (Å²) >= 11 is 0. The number of nitrogens with one attached hydrogen (secondary N) is 2. The van der Waals surface area contributed by atoms with E-state index in [0.29, 0.717) is 12.5 Å². The van der Waals surface area contributed by atoms with Crippen LogP contribution in [0.5, 0.6) is 0 Å². The Bertz CT molecular complexity index is 369. The molecule has 0 aliphatic carbocycles. The van der Waals surface area contributed by atoms with Crippen molar-refractivity contribution in [1.82, 2.24) is 15.5 Å². The van der Waals surface area contributed by atoms with E-state index in [0.717, 1.165) is 0 Å². The Balaban J connectivity index is 4.46. The molecule has 0 aliphatic heterocycles. The molecule has 0 aliphatic rings. The van der Waals surface area contributed by atoms with Crippen LogP contribution in [0.4, 0.5) is 4.79 Å². The second-order valence-electron chi connectivity index (χ2n) is 5.74. The van der Waals surface area contributed by atoms with Gasteiger partial charge in [-0.1, -0.05) is 13.8 Å². The van der Waals surface area contributed by atoms with Gasteiger partial charge in [0.15, 0.2) is 0 Å². The quantitative estimate of drug-likeness (QED) is 0.624. The summed E-state index contributed by atoms with van der Waals surface area (Å²) in [6, 6.07) is -1.24. The van der Waals surface area contributed by atoms with Gasteiger partial charge in [0.05, 0.1) is 6.42 Å². The number of carboxylic acid groups (broad SMARTS) is 1. The Morgan fingerprint density at radius 1 is 1.10 bits per heavy atom. The Labute approximate surface area is 126 Å². The van der Waals surface area contributed by atoms with Gasteiger partial charge in [-0.05, 0) is 26.7 Å². The van der Waals surface area contributed by atoms with Gasteiger partial charge in [0.2, 0.25) is 5.91 Å². The van der Waals surface area contributed by atoms with Crippen molar-refractivity contribution in [2.45, 2.75) is 53.1 Å². The molecule has 3 N–H and O–H groups in total. The van der Waals surface area contributed by atoms with E-state index >= 15 is 0 Å².